The van der Waals surface area contributed by atoms with Gasteiger partial charge in [0.25, 0.3) is 0 Å². The van der Waals surface area contributed by atoms with Gasteiger partial charge in [0.2, 0.25) is 0 Å². The van der Waals surface area contributed by atoms with Crippen LogP contribution in [0.5, 0.6) is 0 Å². The first-order valence-electron chi connectivity index (χ1n) is 8.48. The summed E-state index contributed by atoms with van der Waals surface area (Å²) in [5, 5.41) is 4.42. The molecule has 0 saturated carbocycles. The highest BCUT2D eigenvalue weighted by Gasteiger charge is 2.07. The fourth-order valence-corrected chi connectivity index (χ4v) is 2.39. The summed E-state index contributed by atoms with van der Waals surface area (Å²) in [6.07, 6.45) is 2.63. The average Bonchev–Trinajstić information content (AvgIpc) is 2.65. The largest absolute Gasteiger partial charge is 0.369 e. The van der Waals surface area contributed by atoms with Crippen molar-refractivity contribution in [3.8, 4) is 0 Å². The van der Waals surface area contributed by atoms with Gasteiger partial charge in [-0.25, -0.2) is 9.97 Å². The maximum atomic E-state index is 4.38. The van der Waals surface area contributed by atoms with Gasteiger partial charge in [0.1, 0.15) is 12.1 Å². The van der Waals surface area contributed by atoms with Crippen LogP contribution in [0.25, 0.3) is 10.9 Å². The molecule has 0 fully saturated rings. The van der Waals surface area contributed by atoms with Gasteiger partial charge in [-0.3, -0.25) is 0 Å². The minimum absolute atomic E-state index is 0.854. The van der Waals surface area contributed by atoms with Gasteiger partial charge in [0, 0.05) is 18.2 Å². The average molecular weight is 357 g/mol. The number of hydrogen-bond acceptors (Lipinski definition) is 4. The van der Waals surface area contributed by atoms with Crippen molar-refractivity contribution in [1.29, 1.82) is 0 Å². The number of nitrogens with zero attached hydrogens (tertiary/aromatic N) is 2. The molecule has 0 aliphatic carbocycles. The molecule has 25 heavy (non-hydrogen) atoms. The first kappa shape index (κ1) is 21.0. The van der Waals surface area contributed by atoms with E-state index in [0.29, 0.717) is 0 Å². The van der Waals surface area contributed by atoms with Crippen LogP contribution >= 0.6 is 9.47 Å². The maximum Gasteiger partial charge on any atom is 0.141 e. The standard InChI is InChI=1S/C17H17N3.C2H6.CH5OP/c1-3-13-10-16-15(9-12(13)2)17(19-11-18-16)20-14-7-5-4-6-8-14;1-2;1-2-3/h4-11H,3H2,1-2H3,(H,18,19,20);1-2H3;3H2,1H3. The summed E-state index contributed by atoms with van der Waals surface area (Å²) in [5.74, 6) is 0.854. The van der Waals surface area contributed by atoms with Crippen molar-refractivity contribution < 1.29 is 4.52 Å². The van der Waals surface area contributed by atoms with Gasteiger partial charge >= 0.3 is 0 Å². The Morgan fingerprint density at radius 3 is 2.32 bits per heavy atom. The monoisotopic (exact) mass is 357 g/mol. The van der Waals surface area contributed by atoms with Crippen LogP contribution in [0.15, 0.2) is 48.8 Å². The second-order valence-corrected chi connectivity index (χ2v) is 5.57. The third kappa shape index (κ3) is 6.08. The molecule has 2 aromatic carbocycles. The molecule has 0 saturated heterocycles. The molecule has 0 radical (unpaired) electrons. The Kier molecular flexibility index (Phi) is 9.68. The quantitative estimate of drug-likeness (QED) is 0.611. The molecular formula is C20H28N3OP. The Balaban J connectivity index is 0.000000567. The van der Waals surface area contributed by atoms with Crippen LogP contribution in [0.3, 0.4) is 0 Å². The van der Waals surface area contributed by atoms with Crippen molar-refractivity contribution in [2.75, 3.05) is 12.4 Å². The van der Waals surface area contributed by atoms with Gasteiger partial charge in [-0.05, 0) is 58.2 Å². The van der Waals surface area contributed by atoms with E-state index >= 15 is 0 Å². The summed E-state index contributed by atoms with van der Waals surface area (Å²) in [6.45, 7) is 8.30. The van der Waals surface area contributed by atoms with Gasteiger partial charge < -0.3 is 9.84 Å². The normalized spacial score (nSPS) is 9.52. The van der Waals surface area contributed by atoms with Crippen molar-refractivity contribution in [1.82, 2.24) is 9.97 Å². The van der Waals surface area contributed by atoms with E-state index in [1.54, 1.807) is 13.4 Å². The topological polar surface area (TPSA) is 47.0 Å². The number of para-hydroxylation sites is 1. The molecule has 1 N–H and O–H groups in total. The van der Waals surface area contributed by atoms with Crippen molar-refractivity contribution in [2.45, 2.75) is 34.1 Å². The number of aromatic nitrogens is 2. The molecule has 5 heteroatoms. The summed E-state index contributed by atoms with van der Waals surface area (Å²) in [4.78, 5) is 8.76. The first-order valence-corrected chi connectivity index (χ1v) is 8.96. The third-order valence-corrected chi connectivity index (χ3v) is 3.51. The van der Waals surface area contributed by atoms with Gasteiger partial charge in [0.15, 0.2) is 0 Å². The number of aryl methyl sites for hydroxylation is 2. The molecule has 4 nitrogen and oxygen atoms in total. The Morgan fingerprint density at radius 2 is 1.72 bits per heavy atom. The molecule has 134 valence electrons. The smallest absolute Gasteiger partial charge is 0.141 e. The summed E-state index contributed by atoms with van der Waals surface area (Å²) in [7, 11) is 3.67. The highest BCUT2D eigenvalue weighted by molar-refractivity contribution is 7.09. The Labute approximate surface area is 153 Å². The molecule has 3 rings (SSSR count). The van der Waals surface area contributed by atoms with Crippen LogP contribution in [-0.2, 0) is 10.9 Å². The fraction of sp³-hybridized carbons (Fsp3) is 0.300. The first-order chi connectivity index (χ1) is 12.2. The minimum Gasteiger partial charge on any atom is -0.369 e. The maximum absolute atomic E-state index is 4.38. The third-order valence-electron chi connectivity index (χ3n) is 3.51. The van der Waals surface area contributed by atoms with Crippen LogP contribution in [0.2, 0.25) is 0 Å². The van der Waals surface area contributed by atoms with Gasteiger partial charge in [-0.2, -0.15) is 0 Å². The lowest BCUT2D eigenvalue weighted by molar-refractivity contribution is 0.488. The van der Waals surface area contributed by atoms with E-state index < -0.39 is 0 Å². The fourth-order valence-electron chi connectivity index (χ4n) is 2.39. The Bertz CT molecular complexity index is 763. The Hall–Kier alpha value is -2.03. The molecule has 1 unspecified atom stereocenters. The van der Waals surface area contributed by atoms with Crippen molar-refractivity contribution in [3.63, 3.8) is 0 Å². The van der Waals surface area contributed by atoms with Crippen LogP contribution in [0, 0.1) is 6.92 Å². The van der Waals surface area contributed by atoms with Gasteiger partial charge in [-0.15, -0.1) is 0 Å². The van der Waals surface area contributed by atoms with Crippen molar-refractivity contribution >= 4 is 31.9 Å². The molecule has 1 atom stereocenters. The lowest BCUT2D eigenvalue weighted by Gasteiger charge is -2.10. The minimum atomic E-state index is 0.854. The molecule has 1 aromatic heterocycles. The van der Waals surface area contributed by atoms with Crippen LogP contribution in [-0.4, -0.2) is 17.1 Å². The highest BCUT2D eigenvalue weighted by atomic mass is 31.0. The van der Waals surface area contributed by atoms with E-state index in [9.17, 15) is 0 Å². The number of hydrogen-bond donors (Lipinski definition) is 1. The summed E-state index contributed by atoms with van der Waals surface area (Å²) in [5.41, 5.74) is 4.64. The lowest BCUT2D eigenvalue weighted by Crippen LogP contribution is -1.97. The SMILES string of the molecule is CC.CCc1cc2ncnc(Nc3ccccc3)c2cc1C.COP. The molecule has 0 aliphatic heterocycles. The predicted molar refractivity (Wildman–Crippen MR) is 111 cm³/mol. The zero-order chi connectivity index (χ0) is 18.7. The molecule has 3 aromatic rings. The molecular weight excluding hydrogens is 329 g/mol. The number of rotatable bonds is 3. The Morgan fingerprint density at radius 1 is 1.08 bits per heavy atom. The van der Waals surface area contributed by atoms with Crippen molar-refractivity contribution in [2.24, 2.45) is 0 Å². The number of nitrogens with one attached hydrogen (secondary N) is 1. The number of anilines is 2. The van der Waals surface area contributed by atoms with Crippen LogP contribution < -0.4 is 5.32 Å². The lowest BCUT2D eigenvalue weighted by atomic mass is 10.0. The van der Waals surface area contributed by atoms with E-state index in [0.717, 1.165) is 28.8 Å². The predicted octanol–water partition coefficient (Wildman–Crippen LogP) is 5.69. The number of fused-ring (bicyclic) bond motifs is 1. The summed E-state index contributed by atoms with van der Waals surface area (Å²) in [6, 6.07) is 14.4. The molecule has 0 spiro atoms. The van der Waals surface area contributed by atoms with Gasteiger partial charge in [-0.1, -0.05) is 39.0 Å². The second kappa shape index (κ2) is 11.5. The van der Waals surface area contributed by atoms with E-state index in [4.69, 9.17) is 0 Å². The van der Waals surface area contributed by atoms with Crippen LogP contribution in [0.4, 0.5) is 11.5 Å². The summed E-state index contributed by atoms with van der Waals surface area (Å²) < 4.78 is 4.17. The zero-order valence-electron chi connectivity index (χ0n) is 15.7. The van der Waals surface area contributed by atoms with Gasteiger partial charge in [0.05, 0.1) is 5.52 Å². The van der Waals surface area contributed by atoms with E-state index in [2.05, 4.69) is 55.3 Å². The number of benzene rings is 2. The van der Waals surface area contributed by atoms with Crippen molar-refractivity contribution in [3.05, 3.63) is 59.9 Å². The summed E-state index contributed by atoms with van der Waals surface area (Å²) >= 11 is 0. The van der Waals surface area contributed by atoms with Crippen LogP contribution in [0.1, 0.15) is 31.9 Å². The molecule has 0 amide bonds. The van der Waals surface area contributed by atoms with E-state index in [1.807, 2.05) is 44.2 Å². The molecule has 1 heterocycles. The van der Waals surface area contributed by atoms with E-state index in [-0.39, 0.29) is 0 Å². The highest BCUT2D eigenvalue weighted by Crippen LogP contribution is 2.25. The molecule has 0 aliphatic rings. The second-order valence-electron chi connectivity index (χ2n) is 5.10. The van der Waals surface area contributed by atoms with E-state index in [1.165, 1.54) is 11.1 Å². The molecule has 0 bridgehead atoms. The zero-order valence-corrected chi connectivity index (χ0v) is 16.9.